The molecule has 0 bridgehead atoms. The largest absolute Gasteiger partial charge is 0.329 e. The molecule has 4 heteroatoms. The molecule has 0 saturated heterocycles. The second kappa shape index (κ2) is 4.81. The minimum Gasteiger partial charge on any atom is -0.329 e. The van der Waals surface area contributed by atoms with Crippen molar-refractivity contribution in [3.05, 3.63) is 42.2 Å². The zero-order valence-electron chi connectivity index (χ0n) is 9.67. The lowest BCUT2D eigenvalue weighted by molar-refractivity contribution is 0.594. The third-order valence-electron chi connectivity index (χ3n) is 2.47. The molecule has 1 atom stereocenters. The Balaban J connectivity index is 2.33. The fourth-order valence-corrected chi connectivity index (χ4v) is 1.72. The van der Waals surface area contributed by atoms with Crippen LogP contribution in [0.1, 0.15) is 12.5 Å². The maximum absolute atomic E-state index is 8.75. The Morgan fingerprint density at radius 2 is 2.12 bits per heavy atom. The molecule has 1 aromatic heterocycles. The highest BCUT2D eigenvalue weighted by Crippen LogP contribution is 2.18. The van der Waals surface area contributed by atoms with Crippen molar-refractivity contribution in [3.63, 3.8) is 0 Å². The van der Waals surface area contributed by atoms with Crippen LogP contribution in [0.3, 0.4) is 0 Å². The lowest BCUT2D eigenvalue weighted by Gasteiger charge is -2.10. The minimum atomic E-state index is 0.0846. The first kappa shape index (κ1) is 11.4. The predicted molar refractivity (Wildman–Crippen MR) is 66.0 cm³/mol. The van der Waals surface area contributed by atoms with Gasteiger partial charge in [-0.3, -0.25) is 0 Å². The molecule has 4 nitrogen and oxygen atoms in total. The molecule has 0 aliphatic rings. The number of rotatable bonds is 3. The van der Waals surface area contributed by atoms with E-state index in [0.29, 0.717) is 5.56 Å². The average Bonchev–Trinajstić information content (AvgIpc) is 2.76. The van der Waals surface area contributed by atoms with Gasteiger partial charge in [-0.05, 0) is 31.2 Å². The summed E-state index contributed by atoms with van der Waals surface area (Å²) in [6.07, 6.45) is 3.67. The highest BCUT2D eigenvalue weighted by Gasteiger charge is 2.07. The van der Waals surface area contributed by atoms with Crippen molar-refractivity contribution in [1.29, 1.82) is 5.26 Å². The molecule has 2 N–H and O–H groups in total. The van der Waals surface area contributed by atoms with E-state index in [0.717, 1.165) is 17.9 Å². The van der Waals surface area contributed by atoms with E-state index in [2.05, 4.69) is 11.1 Å². The highest BCUT2D eigenvalue weighted by molar-refractivity contribution is 5.57. The first-order valence-electron chi connectivity index (χ1n) is 5.48. The van der Waals surface area contributed by atoms with Gasteiger partial charge in [-0.1, -0.05) is 0 Å². The number of aromatic nitrogens is 2. The van der Waals surface area contributed by atoms with Gasteiger partial charge in [0.25, 0.3) is 0 Å². The fourth-order valence-electron chi connectivity index (χ4n) is 1.72. The third kappa shape index (κ3) is 2.52. The zero-order valence-corrected chi connectivity index (χ0v) is 9.67. The summed E-state index contributed by atoms with van der Waals surface area (Å²) < 4.78 is 2.02. The summed E-state index contributed by atoms with van der Waals surface area (Å²) in [4.78, 5) is 4.32. The van der Waals surface area contributed by atoms with Crippen LogP contribution in [0.4, 0.5) is 0 Å². The van der Waals surface area contributed by atoms with E-state index in [-0.39, 0.29) is 6.04 Å². The van der Waals surface area contributed by atoms with Gasteiger partial charge in [0.2, 0.25) is 0 Å². The molecule has 2 rings (SSSR count). The van der Waals surface area contributed by atoms with Crippen LogP contribution < -0.4 is 5.73 Å². The van der Waals surface area contributed by atoms with E-state index in [9.17, 15) is 0 Å². The molecule has 86 valence electrons. The van der Waals surface area contributed by atoms with Gasteiger partial charge in [0.1, 0.15) is 5.82 Å². The summed E-state index contributed by atoms with van der Waals surface area (Å²) in [6.45, 7) is 2.69. The first-order chi connectivity index (χ1) is 8.20. The molecule has 1 aromatic carbocycles. The molecule has 0 aliphatic carbocycles. The van der Waals surface area contributed by atoms with Crippen LogP contribution in [0.5, 0.6) is 0 Å². The summed E-state index contributed by atoms with van der Waals surface area (Å²) in [5.74, 6) is 0.881. The van der Waals surface area contributed by atoms with Gasteiger partial charge in [-0.25, -0.2) is 4.98 Å². The summed E-state index contributed by atoms with van der Waals surface area (Å²) >= 11 is 0. The van der Waals surface area contributed by atoms with Gasteiger partial charge >= 0.3 is 0 Å². The van der Waals surface area contributed by atoms with E-state index in [4.69, 9.17) is 11.0 Å². The SMILES string of the molecule is C[C@H](N)Cn1ccnc1-c1ccc(C#N)cc1. The summed E-state index contributed by atoms with van der Waals surface area (Å²) in [7, 11) is 0. The van der Waals surface area contributed by atoms with Crippen molar-refractivity contribution in [3.8, 4) is 17.5 Å². The van der Waals surface area contributed by atoms with Crippen LogP contribution in [0.2, 0.25) is 0 Å². The lowest BCUT2D eigenvalue weighted by atomic mass is 10.1. The Hall–Kier alpha value is -2.12. The van der Waals surface area contributed by atoms with Crippen LogP contribution in [0.25, 0.3) is 11.4 Å². The lowest BCUT2D eigenvalue weighted by Crippen LogP contribution is -2.22. The monoisotopic (exact) mass is 226 g/mol. The number of hydrogen-bond acceptors (Lipinski definition) is 3. The Labute approximate surface area is 100 Å². The van der Waals surface area contributed by atoms with Gasteiger partial charge in [0.05, 0.1) is 11.6 Å². The van der Waals surface area contributed by atoms with Crippen molar-refractivity contribution in [2.45, 2.75) is 19.5 Å². The molecule has 1 heterocycles. The van der Waals surface area contributed by atoms with Crippen LogP contribution >= 0.6 is 0 Å². The van der Waals surface area contributed by atoms with Gasteiger partial charge in [0.15, 0.2) is 0 Å². The van der Waals surface area contributed by atoms with Crippen molar-refractivity contribution in [2.24, 2.45) is 5.73 Å². The van der Waals surface area contributed by atoms with Gasteiger partial charge in [-0.2, -0.15) is 5.26 Å². The molecular formula is C13H14N4. The number of imidazole rings is 1. The Bertz CT molecular complexity index is 531. The number of hydrogen-bond donors (Lipinski definition) is 1. The molecule has 0 unspecified atom stereocenters. The van der Waals surface area contributed by atoms with Crippen molar-refractivity contribution >= 4 is 0 Å². The van der Waals surface area contributed by atoms with Crippen LogP contribution in [0.15, 0.2) is 36.7 Å². The molecule has 2 aromatic rings. The average molecular weight is 226 g/mol. The number of nitrogens with two attached hydrogens (primary N) is 1. The summed E-state index contributed by atoms with van der Waals surface area (Å²) in [5, 5.41) is 8.75. The smallest absolute Gasteiger partial charge is 0.139 e. The van der Waals surface area contributed by atoms with Gasteiger partial charge in [-0.15, -0.1) is 0 Å². The van der Waals surface area contributed by atoms with Crippen molar-refractivity contribution < 1.29 is 0 Å². The maximum atomic E-state index is 8.75. The van der Waals surface area contributed by atoms with Gasteiger partial charge in [0, 0.05) is 30.5 Å². The zero-order chi connectivity index (χ0) is 12.3. The Morgan fingerprint density at radius 3 is 2.71 bits per heavy atom. The van der Waals surface area contributed by atoms with Crippen molar-refractivity contribution in [2.75, 3.05) is 0 Å². The highest BCUT2D eigenvalue weighted by atomic mass is 15.1. The van der Waals surface area contributed by atoms with E-state index in [1.807, 2.05) is 29.8 Å². The quantitative estimate of drug-likeness (QED) is 0.867. The van der Waals surface area contributed by atoms with Crippen LogP contribution in [-0.2, 0) is 6.54 Å². The van der Waals surface area contributed by atoms with Gasteiger partial charge < -0.3 is 10.3 Å². The maximum Gasteiger partial charge on any atom is 0.139 e. The fraction of sp³-hybridized carbons (Fsp3) is 0.231. The second-order valence-corrected chi connectivity index (χ2v) is 4.07. The van der Waals surface area contributed by atoms with E-state index >= 15 is 0 Å². The summed E-state index contributed by atoms with van der Waals surface area (Å²) in [6, 6.07) is 9.57. The summed E-state index contributed by atoms with van der Waals surface area (Å²) in [5.41, 5.74) is 7.43. The van der Waals surface area contributed by atoms with Crippen LogP contribution in [-0.4, -0.2) is 15.6 Å². The normalized spacial score (nSPS) is 12.1. The predicted octanol–water partition coefficient (Wildman–Crippen LogP) is 1.77. The molecule has 0 spiro atoms. The Kier molecular flexibility index (Phi) is 3.22. The topological polar surface area (TPSA) is 67.6 Å². The van der Waals surface area contributed by atoms with E-state index in [1.54, 1.807) is 18.3 Å². The number of nitrogens with zero attached hydrogens (tertiary/aromatic N) is 3. The second-order valence-electron chi connectivity index (χ2n) is 4.07. The number of nitriles is 1. The Morgan fingerprint density at radius 1 is 1.41 bits per heavy atom. The molecule has 0 amide bonds. The third-order valence-corrected chi connectivity index (χ3v) is 2.47. The first-order valence-corrected chi connectivity index (χ1v) is 5.48. The van der Waals surface area contributed by atoms with E-state index in [1.165, 1.54) is 0 Å². The molecule has 17 heavy (non-hydrogen) atoms. The molecule has 0 radical (unpaired) electrons. The molecule has 0 fully saturated rings. The molecule has 0 aliphatic heterocycles. The molecule has 0 saturated carbocycles. The van der Waals surface area contributed by atoms with Crippen LogP contribution in [0, 0.1) is 11.3 Å². The minimum absolute atomic E-state index is 0.0846. The molecular weight excluding hydrogens is 212 g/mol. The number of benzene rings is 1. The van der Waals surface area contributed by atoms with Crippen molar-refractivity contribution in [1.82, 2.24) is 9.55 Å². The standard InChI is InChI=1S/C13H14N4/c1-10(15)9-17-7-6-16-13(17)12-4-2-11(8-14)3-5-12/h2-7,10H,9,15H2,1H3/t10-/m0/s1. The van der Waals surface area contributed by atoms with E-state index < -0.39 is 0 Å².